The molecule has 0 saturated carbocycles. The minimum absolute atomic E-state index is 0.200. The monoisotopic (exact) mass is 325 g/mol. The van der Waals surface area contributed by atoms with E-state index in [0.29, 0.717) is 6.04 Å². The molecule has 0 N–H and O–H groups in total. The molecule has 1 saturated heterocycles. The summed E-state index contributed by atoms with van der Waals surface area (Å²) in [6.45, 7) is 9.81. The standard InChI is InChI=1S/C16H27N3O2S/c1-12(14-17-8-10-22-14)19-9-6-7-13(11-19)18(5)15(20)21-16(2,3)4/h8,10,12-13H,6-7,9,11H2,1-5H3/t12-,13+/m0/s1. The van der Waals surface area contributed by atoms with E-state index in [1.807, 2.05) is 39.4 Å². The summed E-state index contributed by atoms with van der Waals surface area (Å²) in [5.41, 5.74) is -0.451. The van der Waals surface area contributed by atoms with Gasteiger partial charge < -0.3 is 9.64 Å². The number of carbonyl (C=O) groups excluding carboxylic acids is 1. The van der Waals surface area contributed by atoms with Crippen molar-refractivity contribution in [3.05, 3.63) is 16.6 Å². The first-order valence-electron chi connectivity index (χ1n) is 7.87. The number of carbonyl (C=O) groups is 1. The van der Waals surface area contributed by atoms with Gasteiger partial charge in [-0.05, 0) is 47.1 Å². The Morgan fingerprint density at radius 2 is 2.27 bits per heavy atom. The van der Waals surface area contributed by atoms with Crippen molar-refractivity contribution in [2.45, 2.75) is 58.2 Å². The van der Waals surface area contributed by atoms with E-state index in [1.165, 1.54) is 0 Å². The molecule has 2 atom stereocenters. The molecule has 0 aliphatic carbocycles. The van der Waals surface area contributed by atoms with Gasteiger partial charge in [0.1, 0.15) is 10.6 Å². The van der Waals surface area contributed by atoms with Crippen LogP contribution in [0.25, 0.3) is 0 Å². The smallest absolute Gasteiger partial charge is 0.410 e. The quantitative estimate of drug-likeness (QED) is 0.853. The Balaban J connectivity index is 1.96. The zero-order valence-electron chi connectivity index (χ0n) is 14.2. The molecule has 0 bridgehead atoms. The number of nitrogens with zero attached hydrogens (tertiary/aromatic N) is 3. The molecule has 0 unspecified atom stereocenters. The Labute approximate surface area is 137 Å². The summed E-state index contributed by atoms with van der Waals surface area (Å²) < 4.78 is 5.48. The molecule has 6 heteroatoms. The first-order chi connectivity index (χ1) is 10.3. The van der Waals surface area contributed by atoms with Crippen LogP contribution in [-0.4, -0.2) is 52.7 Å². The maximum absolute atomic E-state index is 12.2. The third-order valence-electron chi connectivity index (χ3n) is 4.01. The molecule has 1 aliphatic rings. The molecule has 2 heterocycles. The number of hydrogen-bond acceptors (Lipinski definition) is 5. The van der Waals surface area contributed by atoms with E-state index < -0.39 is 5.60 Å². The van der Waals surface area contributed by atoms with Crippen LogP contribution < -0.4 is 0 Å². The molecular weight excluding hydrogens is 298 g/mol. The van der Waals surface area contributed by atoms with E-state index in [2.05, 4.69) is 16.8 Å². The lowest BCUT2D eigenvalue weighted by Crippen LogP contribution is -2.50. The van der Waals surface area contributed by atoms with Gasteiger partial charge in [0.05, 0.1) is 6.04 Å². The van der Waals surface area contributed by atoms with Gasteiger partial charge in [-0.1, -0.05) is 0 Å². The summed E-state index contributed by atoms with van der Waals surface area (Å²) in [5, 5.41) is 3.15. The number of likely N-dealkylation sites (tertiary alicyclic amines) is 1. The third kappa shape index (κ3) is 4.43. The van der Waals surface area contributed by atoms with E-state index in [0.717, 1.165) is 30.9 Å². The highest BCUT2D eigenvalue weighted by molar-refractivity contribution is 7.09. The number of thiazole rings is 1. The maximum atomic E-state index is 12.2. The number of likely N-dealkylation sites (N-methyl/N-ethyl adjacent to an activating group) is 1. The van der Waals surface area contributed by atoms with E-state index >= 15 is 0 Å². The third-order valence-corrected chi connectivity index (χ3v) is 4.96. The zero-order chi connectivity index (χ0) is 16.3. The van der Waals surface area contributed by atoms with Crippen LogP contribution in [0.2, 0.25) is 0 Å². The van der Waals surface area contributed by atoms with Crippen LogP contribution in [0.5, 0.6) is 0 Å². The predicted molar refractivity (Wildman–Crippen MR) is 89.1 cm³/mol. The number of aromatic nitrogens is 1. The fourth-order valence-electron chi connectivity index (χ4n) is 2.73. The van der Waals surface area contributed by atoms with Gasteiger partial charge in [0.2, 0.25) is 0 Å². The van der Waals surface area contributed by atoms with Gasteiger partial charge in [-0.25, -0.2) is 9.78 Å². The van der Waals surface area contributed by atoms with Gasteiger partial charge in [0.15, 0.2) is 0 Å². The van der Waals surface area contributed by atoms with E-state index in [1.54, 1.807) is 16.2 Å². The SMILES string of the molecule is C[C@@H](c1nccs1)N1CCC[C@@H](N(C)C(=O)OC(C)(C)C)C1. The highest BCUT2D eigenvalue weighted by Crippen LogP contribution is 2.27. The number of ether oxygens (including phenoxy) is 1. The first-order valence-corrected chi connectivity index (χ1v) is 8.75. The fraction of sp³-hybridized carbons (Fsp3) is 0.750. The van der Waals surface area contributed by atoms with Crippen LogP contribution in [0.1, 0.15) is 51.6 Å². The highest BCUT2D eigenvalue weighted by atomic mass is 32.1. The lowest BCUT2D eigenvalue weighted by molar-refractivity contribution is 0.0105. The normalized spacial score (nSPS) is 21.4. The van der Waals surface area contributed by atoms with Crippen molar-refractivity contribution in [2.24, 2.45) is 0 Å². The second-order valence-corrected chi connectivity index (χ2v) is 7.85. The van der Waals surface area contributed by atoms with E-state index in [-0.39, 0.29) is 12.1 Å². The van der Waals surface area contributed by atoms with E-state index in [4.69, 9.17) is 4.74 Å². The summed E-state index contributed by atoms with van der Waals surface area (Å²) in [4.78, 5) is 20.8. The van der Waals surface area contributed by atoms with Crippen LogP contribution in [0.3, 0.4) is 0 Å². The van der Waals surface area contributed by atoms with Crippen molar-refractivity contribution in [3.8, 4) is 0 Å². The highest BCUT2D eigenvalue weighted by Gasteiger charge is 2.31. The molecule has 1 aromatic rings. The van der Waals surface area contributed by atoms with Gasteiger partial charge in [-0.3, -0.25) is 4.90 Å². The summed E-state index contributed by atoms with van der Waals surface area (Å²) in [6.07, 6.45) is 3.73. The van der Waals surface area contributed by atoms with Crippen molar-refractivity contribution in [1.82, 2.24) is 14.8 Å². The van der Waals surface area contributed by atoms with Crippen LogP contribution in [-0.2, 0) is 4.74 Å². The van der Waals surface area contributed by atoms with Crippen LogP contribution in [0.15, 0.2) is 11.6 Å². The molecule has 0 aromatic carbocycles. The predicted octanol–water partition coefficient (Wildman–Crippen LogP) is 3.54. The Morgan fingerprint density at radius 3 is 2.86 bits per heavy atom. The Bertz CT molecular complexity index is 484. The summed E-state index contributed by atoms with van der Waals surface area (Å²) in [6, 6.07) is 0.501. The summed E-state index contributed by atoms with van der Waals surface area (Å²) in [7, 11) is 1.84. The number of rotatable bonds is 3. The van der Waals surface area contributed by atoms with Gasteiger partial charge in [-0.15, -0.1) is 11.3 Å². The van der Waals surface area contributed by atoms with Gasteiger partial charge >= 0.3 is 6.09 Å². The van der Waals surface area contributed by atoms with Crippen molar-refractivity contribution in [2.75, 3.05) is 20.1 Å². The molecule has 0 spiro atoms. The average Bonchev–Trinajstić information content (AvgIpc) is 2.98. The second kappa shape index (κ2) is 6.96. The lowest BCUT2D eigenvalue weighted by Gasteiger charge is -2.40. The molecule has 1 aliphatic heterocycles. The Hall–Kier alpha value is -1.14. The van der Waals surface area contributed by atoms with Crippen LogP contribution in [0, 0.1) is 0 Å². The van der Waals surface area contributed by atoms with Crippen molar-refractivity contribution >= 4 is 17.4 Å². The summed E-state index contributed by atoms with van der Waals surface area (Å²) in [5.74, 6) is 0. The maximum Gasteiger partial charge on any atom is 0.410 e. The topological polar surface area (TPSA) is 45.7 Å². The van der Waals surface area contributed by atoms with Crippen molar-refractivity contribution < 1.29 is 9.53 Å². The van der Waals surface area contributed by atoms with Crippen molar-refractivity contribution in [1.29, 1.82) is 0 Å². The fourth-order valence-corrected chi connectivity index (χ4v) is 3.46. The Kier molecular flexibility index (Phi) is 5.45. The zero-order valence-corrected chi connectivity index (χ0v) is 15.0. The molecule has 1 amide bonds. The minimum atomic E-state index is -0.451. The first kappa shape index (κ1) is 17.2. The second-order valence-electron chi connectivity index (χ2n) is 6.93. The minimum Gasteiger partial charge on any atom is -0.444 e. The molecule has 5 nitrogen and oxygen atoms in total. The van der Waals surface area contributed by atoms with Gasteiger partial charge in [-0.2, -0.15) is 0 Å². The number of amides is 1. The molecule has 0 radical (unpaired) electrons. The van der Waals surface area contributed by atoms with Crippen LogP contribution in [0.4, 0.5) is 4.79 Å². The lowest BCUT2D eigenvalue weighted by atomic mass is 10.0. The molecule has 1 aromatic heterocycles. The molecule has 22 heavy (non-hydrogen) atoms. The van der Waals surface area contributed by atoms with Crippen molar-refractivity contribution in [3.63, 3.8) is 0 Å². The Morgan fingerprint density at radius 1 is 1.55 bits per heavy atom. The van der Waals surface area contributed by atoms with E-state index in [9.17, 15) is 4.79 Å². The molecule has 124 valence electrons. The number of hydrogen-bond donors (Lipinski definition) is 0. The largest absolute Gasteiger partial charge is 0.444 e. The number of piperidine rings is 1. The van der Waals surface area contributed by atoms with Gasteiger partial charge in [0, 0.05) is 31.2 Å². The van der Waals surface area contributed by atoms with Gasteiger partial charge in [0.25, 0.3) is 0 Å². The molecule has 2 rings (SSSR count). The van der Waals surface area contributed by atoms with Crippen LogP contribution >= 0.6 is 11.3 Å². The molecular formula is C16H27N3O2S. The summed E-state index contributed by atoms with van der Waals surface area (Å²) >= 11 is 1.69. The molecule has 1 fully saturated rings. The average molecular weight is 325 g/mol.